The first-order valence-corrected chi connectivity index (χ1v) is 7.98. The fourth-order valence-corrected chi connectivity index (χ4v) is 3.07. The van der Waals surface area contributed by atoms with Crippen molar-refractivity contribution in [2.75, 3.05) is 13.7 Å². The molecule has 5 nitrogen and oxygen atoms in total. The van der Waals surface area contributed by atoms with Crippen LogP contribution < -0.4 is 4.74 Å². The summed E-state index contributed by atoms with van der Waals surface area (Å²) in [4.78, 5) is 15.5. The number of halogens is 1. The highest BCUT2D eigenvalue weighted by atomic mass is 19.1. The molecule has 1 saturated carbocycles. The molecule has 0 aromatic carbocycles. The number of nitrogens with zero attached hydrogens (tertiary/aromatic N) is 4. The van der Waals surface area contributed by atoms with Gasteiger partial charge in [0.1, 0.15) is 11.6 Å². The summed E-state index contributed by atoms with van der Waals surface area (Å²) in [5.41, 5.74) is 3.11. The number of pyridine rings is 1. The zero-order valence-corrected chi connectivity index (χ0v) is 13.1. The predicted octanol–water partition coefficient (Wildman–Crippen LogP) is 2.46. The number of ether oxygens (including phenoxy) is 1. The number of aromatic nitrogens is 3. The zero-order chi connectivity index (χ0) is 15.8. The van der Waals surface area contributed by atoms with Gasteiger partial charge in [-0.25, -0.2) is 19.3 Å². The molecule has 2 aromatic rings. The molecule has 23 heavy (non-hydrogen) atoms. The van der Waals surface area contributed by atoms with Gasteiger partial charge in [0.2, 0.25) is 5.88 Å². The Morgan fingerprint density at radius 2 is 2.17 bits per heavy atom. The van der Waals surface area contributed by atoms with Crippen LogP contribution in [0.4, 0.5) is 4.39 Å². The van der Waals surface area contributed by atoms with Crippen LogP contribution in [0, 0.1) is 5.82 Å². The van der Waals surface area contributed by atoms with E-state index in [1.807, 2.05) is 6.20 Å². The van der Waals surface area contributed by atoms with E-state index in [2.05, 4.69) is 14.9 Å². The van der Waals surface area contributed by atoms with Gasteiger partial charge in [-0.3, -0.25) is 4.90 Å². The fraction of sp³-hybridized carbons (Fsp3) is 0.471. The summed E-state index contributed by atoms with van der Waals surface area (Å²) >= 11 is 0. The van der Waals surface area contributed by atoms with E-state index in [4.69, 9.17) is 9.72 Å². The van der Waals surface area contributed by atoms with E-state index in [-0.39, 0.29) is 5.82 Å². The second-order valence-corrected chi connectivity index (χ2v) is 6.26. The lowest BCUT2D eigenvalue weighted by Crippen LogP contribution is -2.31. The van der Waals surface area contributed by atoms with E-state index in [0.717, 1.165) is 30.9 Å². The molecule has 2 aliphatic rings. The first-order valence-electron chi connectivity index (χ1n) is 7.98. The van der Waals surface area contributed by atoms with Crippen LogP contribution in [0.3, 0.4) is 0 Å². The molecule has 0 saturated heterocycles. The van der Waals surface area contributed by atoms with Gasteiger partial charge in [-0.05, 0) is 18.9 Å². The van der Waals surface area contributed by atoms with Crippen molar-refractivity contribution >= 4 is 0 Å². The van der Waals surface area contributed by atoms with E-state index in [1.165, 1.54) is 36.4 Å². The maximum atomic E-state index is 13.4. The van der Waals surface area contributed by atoms with Gasteiger partial charge in [0.25, 0.3) is 0 Å². The predicted molar refractivity (Wildman–Crippen MR) is 82.6 cm³/mol. The minimum atomic E-state index is -0.337. The molecule has 1 fully saturated rings. The van der Waals surface area contributed by atoms with Crippen LogP contribution in [0.5, 0.6) is 5.88 Å². The monoisotopic (exact) mass is 314 g/mol. The summed E-state index contributed by atoms with van der Waals surface area (Å²) in [6.07, 6.45) is 6.49. The molecule has 0 spiro atoms. The lowest BCUT2D eigenvalue weighted by molar-refractivity contribution is 0.237. The molecule has 120 valence electrons. The van der Waals surface area contributed by atoms with Gasteiger partial charge in [0.15, 0.2) is 0 Å². The molecule has 3 heterocycles. The van der Waals surface area contributed by atoms with Gasteiger partial charge < -0.3 is 4.74 Å². The number of methoxy groups -OCH3 is 1. The highest BCUT2D eigenvalue weighted by Gasteiger charge is 2.28. The number of hydrogen-bond donors (Lipinski definition) is 0. The van der Waals surface area contributed by atoms with E-state index < -0.39 is 0 Å². The maximum absolute atomic E-state index is 13.4. The highest BCUT2D eigenvalue weighted by molar-refractivity contribution is 5.27. The van der Waals surface area contributed by atoms with Crippen molar-refractivity contribution in [1.82, 2.24) is 19.9 Å². The molecule has 0 radical (unpaired) electrons. The Kier molecular flexibility index (Phi) is 3.69. The highest BCUT2D eigenvalue weighted by Crippen LogP contribution is 2.38. The molecule has 0 bridgehead atoms. The summed E-state index contributed by atoms with van der Waals surface area (Å²) in [7, 11) is 1.56. The Hall–Kier alpha value is -2.08. The van der Waals surface area contributed by atoms with Gasteiger partial charge in [-0.1, -0.05) is 0 Å². The van der Waals surface area contributed by atoms with Crippen molar-refractivity contribution in [2.45, 2.75) is 38.3 Å². The number of hydrogen-bond acceptors (Lipinski definition) is 5. The molecule has 6 heteroatoms. The van der Waals surface area contributed by atoms with Crippen molar-refractivity contribution in [1.29, 1.82) is 0 Å². The Labute approximate surface area is 134 Å². The van der Waals surface area contributed by atoms with Gasteiger partial charge in [0.05, 0.1) is 13.3 Å². The number of fused-ring (bicyclic) bond motifs is 1. The van der Waals surface area contributed by atoms with E-state index in [1.54, 1.807) is 7.11 Å². The van der Waals surface area contributed by atoms with Crippen molar-refractivity contribution in [3.63, 3.8) is 0 Å². The van der Waals surface area contributed by atoms with E-state index >= 15 is 0 Å². The molecular formula is C17H19FN4O. The van der Waals surface area contributed by atoms with Crippen LogP contribution in [0.1, 0.15) is 41.4 Å². The average Bonchev–Trinajstić information content (AvgIpc) is 3.39. The van der Waals surface area contributed by atoms with Crippen molar-refractivity contribution in [3.8, 4) is 5.88 Å². The van der Waals surface area contributed by atoms with Gasteiger partial charge in [-0.15, -0.1) is 0 Å². The molecule has 2 aromatic heterocycles. The van der Waals surface area contributed by atoms with Gasteiger partial charge in [0, 0.05) is 55.0 Å². The molecule has 0 atom stereocenters. The summed E-state index contributed by atoms with van der Waals surface area (Å²) < 4.78 is 18.7. The van der Waals surface area contributed by atoms with E-state index in [0.29, 0.717) is 18.3 Å². The van der Waals surface area contributed by atoms with Crippen LogP contribution in [0.2, 0.25) is 0 Å². The standard InChI is InChI=1S/C17H19FN4O/c1-23-17-12(6-14(18)8-20-17)9-22-5-4-15-13(10-22)7-19-16(21-15)11-2-3-11/h6-8,11H,2-5,9-10H2,1H3. The smallest absolute Gasteiger partial charge is 0.217 e. The summed E-state index contributed by atoms with van der Waals surface area (Å²) in [6.45, 7) is 2.28. The van der Waals surface area contributed by atoms with Crippen LogP contribution in [-0.2, 0) is 19.5 Å². The Morgan fingerprint density at radius 3 is 2.96 bits per heavy atom. The summed E-state index contributed by atoms with van der Waals surface area (Å²) in [5.74, 6) is 1.74. The molecule has 4 rings (SSSR count). The van der Waals surface area contributed by atoms with Crippen molar-refractivity contribution in [3.05, 3.63) is 46.9 Å². The number of rotatable bonds is 4. The third kappa shape index (κ3) is 3.03. The molecule has 1 aliphatic carbocycles. The third-order valence-electron chi connectivity index (χ3n) is 4.45. The average molecular weight is 314 g/mol. The molecule has 1 aliphatic heterocycles. The maximum Gasteiger partial charge on any atom is 0.217 e. The van der Waals surface area contributed by atoms with Gasteiger partial charge in [-0.2, -0.15) is 0 Å². The van der Waals surface area contributed by atoms with E-state index in [9.17, 15) is 4.39 Å². The lowest BCUT2D eigenvalue weighted by atomic mass is 10.1. The first-order chi connectivity index (χ1) is 11.2. The van der Waals surface area contributed by atoms with Gasteiger partial charge >= 0.3 is 0 Å². The minimum Gasteiger partial charge on any atom is -0.481 e. The van der Waals surface area contributed by atoms with Crippen molar-refractivity contribution in [2.24, 2.45) is 0 Å². The Morgan fingerprint density at radius 1 is 1.30 bits per heavy atom. The van der Waals surface area contributed by atoms with Crippen LogP contribution in [-0.4, -0.2) is 33.5 Å². The largest absolute Gasteiger partial charge is 0.481 e. The zero-order valence-electron chi connectivity index (χ0n) is 13.1. The quantitative estimate of drug-likeness (QED) is 0.867. The normalized spacial score (nSPS) is 17.8. The molecule has 0 unspecified atom stereocenters. The van der Waals surface area contributed by atoms with Crippen LogP contribution >= 0.6 is 0 Å². The fourth-order valence-electron chi connectivity index (χ4n) is 3.07. The topological polar surface area (TPSA) is 51.1 Å². The van der Waals surface area contributed by atoms with Crippen molar-refractivity contribution < 1.29 is 9.13 Å². The SMILES string of the molecule is COc1ncc(F)cc1CN1CCc2nc(C3CC3)ncc2C1. The first kappa shape index (κ1) is 14.5. The third-order valence-corrected chi connectivity index (χ3v) is 4.45. The molecule has 0 amide bonds. The Balaban J connectivity index is 1.51. The van der Waals surface area contributed by atoms with Crippen LogP contribution in [0.15, 0.2) is 18.5 Å². The summed E-state index contributed by atoms with van der Waals surface area (Å²) in [5, 5.41) is 0. The van der Waals surface area contributed by atoms with Crippen LogP contribution in [0.25, 0.3) is 0 Å². The minimum absolute atomic E-state index is 0.337. The summed E-state index contributed by atoms with van der Waals surface area (Å²) in [6, 6.07) is 1.49. The second kappa shape index (κ2) is 5.85. The molecule has 0 N–H and O–H groups in total. The second-order valence-electron chi connectivity index (χ2n) is 6.26. The Bertz CT molecular complexity index is 733. The molecular weight excluding hydrogens is 295 g/mol. The lowest BCUT2D eigenvalue weighted by Gasteiger charge is -2.28.